The van der Waals surface area contributed by atoms with Gasteiger partial charge in [-0.25, -0.2) is 4.98 Å². The standard InChI is InChI=1S/C18H21ClN4O2S/c1-3-4-10-23-17(19)12(11(2)22-23)8-9-15(25)21-18-20-13-6-5-7-14(24)16(13)26-18/h8-9H,3-7,10H2,1-2H3,(H,20,21,25)/b9-8+. The molecule has 3 rings (SSSR count). The number of aromatic nitrogens is 3. The van der Waals surface area contributed by atoms with Gasteiger partial charge in [-0.1, -0.05) is 36.3 Å². The molecule has 0 atom stereocenters. The largest absolute Gasteiger partial charge is 0.298 e. The molecule has 2 heterocycles. The Morgan fingerprint density at radius 2 is 2.23 bits per heavy atom. The second kappa shape index (κ2) is 8.14. The summed E-state index contributed by atoms with van der Waals surface area (Å²) in [5.74, 6) is -0.193. The molecule has 1 aliphatic carbocycles. The van der Waals surface area contributed by atoms with Gasteiger partial charge in [0.1, 0.15) is 5.15 Å². The van der Waals surface area contributed by atoms with E-state index in [9.17, 15) is 9.59 Å². The first kappa shape index (κ1) is 18.8. The molecule has 1 N–H and O–H groups in total. The highest BCUT2D eigenvalue weighted by Gasteiger charge is 2.22. The molecule has 0 saturated heterocycles. The number of carbonyl (C=O) groups is 2. The minimum atomic E-state index is -0.305. The number of carbonyl (C=O) groups excluding carboxylic acids is 2. The minimum Gasteiger partial charge on any atom is -0.298 e. The van der Waals surface area contributed by atoms with Gasteiger partial charge in [0.2, 0.25) is 5.91 Å². The highest BCUT2D eigenvalue weighted by molar-refractivity contribution is 7.17. The third-order valence-electron chi connectivity index (χ3n) is 4.23. The summed E-state index contributed by atoms with van der Waals surface area (Å²) in [6.07, 6.45) is 7.31. The number of nitrogens with one attached hydrogen (secondary N) is 1. The van der Waals surface area contributed by atoms with E-state index >= 15 is 0 Å². The normalized spacial score (nSPS) is 14.0. The van der Waals surface area contributed by atoms with Crippen LogP contribution in [0.1, 0.15) is 59.2 Å². The number of thiazole rings is 1. The monoisotopic (exact) mass is 392 g/mol. The van der Waals surface area contributed by atoms with E-state index < -0.39 is 0 Å². The van der Waals surface area contributed by atoms with Crippen molar-refractivity contribution in [2.24, 2.45) is 0 Å². The average molecular weight is 393 g/mol. The Hall–Kier alpha value is -1.99. The molecule has 2 aromatic heterocycles. The van der Waals surface area contributed by atoms with E-state index in [1.807, 2.05) is 6.92 Å². The zero-order chi connectivity index (χ0) is 18.7. The zero-order valence-corrected chi connectivity index (χ0v) is 16.4. The number of ketones is 1. The van der Waals surface area contributed by atoms with Crippen LogP contribution in [0, 0.1) is 6.92 Å². The van der Waals surface area contributed by atoms with Crippen LogP contribution in [0.2, 0.25) is 5.15 Å². The lowest BCUT2D eigenvalue weighted by Gasteiger charge is -2.05. The van der Waals surface area contributed by atoms with Gasteiger partial charge in [-0.05, 0) is 32.3 Å². The Bertz CT molecular complexity index is 869. The quantitative estimate of drug-likeness (QED) is 0.744. The van der Waals surface area contributed by atoms with E-state index in [0.717, 1.165) is 49.2 Å². The number of aryl methyl sites for hydroxylation is 3. The summed E-state index contributed by atoms with van der Waals surface area (Å²) >= 11 is 7.61. The third kappa shape index (κ3) is 4.04. The maximum Gasteiger partial charge on any atom is 0.250 e. The van der Waals surface area contributed by atoms with Crippen molar-refractivity contribution in [2.45, 2.75) is 52.5 Å². The molecule has 0 unspecified atom stereocenters. The molecule has 8 heteroatoms. The van der Waals surface area contributed by atoms with Gasteiger partial charge in [0, 0.05) is 24.6 Å². The van der Waals surface area contributed by atoms with E-state index in [-0.39, 0.29) is 11.7 Å². The summed E-state index contributed by atoms with van der Waals surface area (Å²) in [7, 11) is 0. The fourth-order valence-electron chi connectivity index (χ4n) is 2.84. The lowest BCUT2D eigenvalue weighted by molar-refractivity contribution is -0.111. The van der Waals surface area contributed by atoms with E-state index in [1.54, 1.807) is 10.8 Å². The van der Waals surface area contributed by atoms with Crippen molar-refractivity contribution in [3.05, 3.63) is 33.1 Å². The summed E-state index contributed by atoms with van der Waals surface area (Å²) < 4.78 is 1.76. The van der Waals surface area contributed by atoms with Crippen molar-refractivity contribution in [1.82, 2.24) is 14.8 Å². The Kier molecular flexibility index (Phi) is 5.88. The maximum atomic E-state index is 12.2. The predicted octanol–water partition coefficient (Wildman–Crippen LogP) is 4.27. The molecular weight excluding hydrogens is 372 g/mol. The molecule has 0 aromatic carbocycles. The number of halogens is 1. The fourth-order valence-corrected chi connectivity index (χ4v) is 4.15. The second-order valence-electron chi connectivity index (χ2n) is 6.26. The van der Waals surface area contributed by atoms with Crippen LogP contribution in [0.15, 0.2) is 6.08 Å². The van der Waals surface area contributed by atoms with E-state index in [0.29, 0.717) is 21.6 Å². The Labute approximate surface area is 161 Å². The topological polar surface area (TPSA) is 76.9 Å². The zero-order valence-electron chi connectivity index (χ0n) is 14.8. The van der Waals surface area contributed by atoms with Crippen LogP contribution >= 0.6 is 22.9 Å². The van der Waals surface area contributed by atoms with Gasteiger partial charge in [0.15, 0.2) is 10.9 Å². The van der Waals surface area contributed by atoms with Crippen molar-refractivity contribution in [1.29, 1.82) is 0 Å². The molecule has 0 radical (unpaired) electrons. The number of nitrogens with zero attached hydrogens (tertiary/aromatic N) is 3. The lowest BCUT2D eigenvalue weighted by atomic mass is 10.0. The molecule has 6 nitrogen and oxygen atoms in total. The summed E-state index contributed by atoms with van der Waals surface area (Å²) in [6.45, 7) is 4.74. The maximum absolute atomic E-state index is 12.2. The van der Waals surface area contributed by atoms with Crippen LogP contribution in [-0.4, -0.2) is 26.5 Å². The van der Waals surface area contributed by atoms with Crippen LogP contribution in [0.4, 0.5) is 5.13 Å². The van der Waals surface area contributed by atoms with E-state index in [1.165, 1.54) is 17.4 Å². The summed E-state index contributed by atoms with van der Waals surface area (Å²) in [6, 6.07) is 0. The van der Waals surface area contributed by atoms with Crippen molar-refractivity contribution >= 4 is 45.8 Å². The highest BCUT2D eigenvalue weighted by atomic mass is 35.5. The summed E-state index contributed by atoms with van der Waals surface area (Å²) in [5, 5.41) is 8.14. The smallest absolute Gasteiger partial charge is 0.250 e. The number of Topliss-reactive ketones (excluding diaryl/α,β-unsaturated/α-hetero) is 1. The number of rotatable bonds is 6. The summed E-state index contributed by atoms with van der Waals surface area (Å²) in [5.41, 5.74) is 2.32. The molecule has 2 aromatic rings. The fraction of sp³-hybridized carbons (Fsp3) is 0.444. The number of amides is 1. The second-order valence-corrected chi connectivity index (χ2v) is 7.62. The van der Waals surface area contributed by atoms with Gasteiger partial charge < -0.3 is 0 Å². The van der Waals surface area contributed by atoms with Crippen LogP contribution in [-0.2, 0) is 17.8 Å². The van der Waals surface area contributed by atoms with Gasteiger partial charge in [0.05, 0.1) is 16.3 Å². The number of anilines is 1. The lowest BCUT2D eigenvalue weighted by Crippen LogP contribution is -2.08. The molecule has 0 bridgehead atoms. The molecule has 0 spiro atoms. The number of fused-ring (bicyclic) bond motifs is 1. The molecule has 138 valence electrons. The van der Waals surface area contributed by atoms with E-state index in [4.69, 9.17) is 11.6 Å². The van der Waals surface area contributed by atoms with Crippen LogP contribution < -0.4 is 5.32 Å². The third-order valence-corrected chi connectivity index (χ3v) is 5.69. The van der Waals surface area contributed by atoms with E-state index in [2.05, 4.69) is 22.3 Å². The molecule has 1 aliphatic rings. The molecule has 0 aliphatic heterocycles. The van der Waals surface area contributed by atoms with Gasteiger partial charge in [-0.2, -0.15) is 5.10 Å². The van der Waals surface area contributed by atoms with Crippen LogP contribution in [0.25, 0.3) is 6.08 Å². The van der Waals surface area contributed by atoms with Gasteiger partial charge >= 0.3 is 0 Å². The molecule has 1 amide bonds. The van der Waals surface area contributed by atoms with Gasteiger partial charge in [-0.3, -0.25) is 19.6 Å². The van der Waals surface area contributed by atoms with Crippen LogP contribution in [0.3, 0.4) is 0 Å². The number of hydrogen-bond donors (Lipinski definition) is 1. The molecular formula is C18H21ClN4O2S. The average Bonchev–Trinajstić information content (AvgIpc) is 3.13. The summed E-state index contributed by atoms with van der Waals surface area (Å²) in [4.78, 5) is 29.1. The predicted molar refractivity (Wildman–Crippen MR) is 104 cm³/mol. The number of unbranched alkanes of at least 4 members (excludes halogenated alkanes) is 1. The Morgan fingerprint density at radius 1 is 1.42 bits per heavy atom. The SMILES string of the molecule is CCCCn1nc(C)c(/C=C/C(=O)Nc2nc3c(s2)C(=O)CCC3)c1Cl. The van der Waals surface area contributed by atoms with Crippen molar-refractivity contribution < 1.29 is 9.59 Å². The van der Waals surface area contributed by atoms with Crippen molar-refractivity contribution in [2.75, 3.05) is 5.32 Å². The van der Waals surface area contributed by atoms with Crippen LogP contribution in [0.5, 0.6) is 0 Å². The van der Waals surface area contributed by atoms with Crippen molar-refractivity contribution in [3.63, 3.8) is 0 Å². The number of hydrogen-bond acceptors (Lipinski definition) is 5. The Morgan fingerprint density at radius 3 is 2.96 bits per heavy atom. The minimum absolute atomic E-state index is 0.113. The molecule has 0 saturated carbocycles. The van der Waals surface area contributed by atoms with Gasteiger partial charge in [-0.15, -0.1) is 0 Å². The van der Waals surface area contributed by atoms with Gasteiger partial charge in [0.25, 0.3) is 0 Å². The first-order valence-corrected chi connectivity index (χ1v) is 9.94. The molecule has 0 fully saturated rings. The Balaban J connectivity index is 1.69. The molecule has 26 heavy (non-hydrogen) atoms. The first-order chi connectivity index (χ1) is 12.5. The highest BCUT2D eigenvalue weighted by Crippen LogP contribution is 2.29. The van der Waals surface area contributed by atoms with Crippen molar-refractivity contribution in [3.8, 4) is 0 Å². The first-order valence-electron chi connectivity index (χ1n) is 8.74.